The maximum Gasteiger partial charge on any atom is 0.423 e. The number of nitrogens with zero attached hydrogens (tertiary/aromatic N) is 3. The van der Waals surface area contributed by atoms with Crippen LogP contribution in [0, 0.1) is 0 Å². The van der Waals surface area contributed by atoms with Gasteiger partial charge < -0.3 is 14.4 Å². The minimum absolute atomic E-state index is 0.169. The topological polar surface area (TPSA) is 64.5 Å². The smallest absolute Gasteiger partial charge is 0.423 e. The number of anilines is 2. The second-order valence-electron chi connectivity index (χ2n) is 5.80. The van der Waals surface area contributed by atoms with Gasteiger partial charge in [0, 0.05) is 18.4 Å². The molecule has 0 radical (unpaired) electrons. The van der Waals surface area contributed by atoms with Crippen LogP contribution in [0.25, 0.3) is 0 Å². The third-order valence-corrected chi connectivity index (χ3v) is 3.67. The number of aromatic nitrogens is 2. The van der Waals surface area contributed by atoms with Gasteiger partial charge >= 0.3 is 18.3 Å². The van der Waals surface area contributed by atoms with Crippen LogP contribution < -0.4 is 9.64 Å². The Labute approximate surface area is 167 Å². The molecular weight excluding hydrogens is 420 g/mol. The number of hydrogen-bond donors (Lipinski definition) is 0. The Kier molecular flexibility index (Phi) is 7.11. The fourth-order valence-electron chi connectivity index (χ4n) is 2.37. The van der Waals surface area contributed by atoms with Crippen molar-refractivity contribution in [1.82, 2.24) is 9.97 Å². The Morgan fingerprint density at radius 1 is 1.07 bits per heavy atom. The van der Waals surface area contributed by atoms with Crippen LogP contribution in [0.3, 0.4) is 0 Å². The van der Waals surface area contributed by atoms with Gasteiger partial charge in [0.1, 0.15) is 5.56 Å². The quantitative estimate of drug-likeness (QED) is 0.459. The summed E-state index contributed by atoms with van der Waals surface area (Å²) in [5, 5.41) is 0. The Balaban J connectivity index is 2.38. The van der Waals surface area contributed by atoms with Crippen LogP contribution in [0.2, 0.25) is 0 Å². The zero-order valence-electron chi connectivity index (χ0n) is 15.8. The average molecular weight is 437 g/mol. The van der Waals surface area contributed by atoms with Crippen LogP contribution in [0.4, 0.5) is 38.0 Å². The van der Waals surface area contributed by atoms with Gasteiger partial charge in [-0.25, -0.2) is 9.78 Å². The molecule has 1 aromatic carbocycles. The SMILES string of the molecule is CCOC(=O)c1ccc(N(CC)c2ncc(C(F)(F)F)c(OCC(F)(F)F)n2)cc1. The largest absolute Gasteiger partial charge is 0.467 e. The zero-order chi connectivity index (χ0) is 22.5. The molecule has 0 saturated carbocycles. The summed E-state index contributed by atoms with van der Waals surface area (Å²) in [5.41, 5.74) is -0.879. The van der Waals surface area contributed by atoms with Gasteiger partial charge in [-0.2, -0.15) is 31.3 Å². The number of alkyl halides is 6. The van der Waals surface area contributed by atoms with Crippen molar-refractivity contribution in [2.75, 3.05) is 24.7 Å². The Hall–Kier alpha value is -3.05. The number of hydrogen-bond acceptors (Lipinski definition) is 6. The number of ether oxygens (including phenoxy) is 2. The first kappa shape index (κ1) is 23.2. The minimum Gasteiger partial charge on any atom is -0.467 e. The predicted octanol–water partition coefficient (Wildman–Crippen LogP) is 4.77. The Morgan fingerprint density at radius 2 is 1.70 bits per heavy atom. The molecule has 0 N–H and O–H groups in total. The van der Waals surface area contributed by atoms with E-state index in [0.29, 0.717) is 11.9 Å². The van der Waals surface area contributed by atoms with E-state index in [9.17, 15) is 31.1 Å². The summed E-state index contributed by atoms with van der Waals surface area (Å²) in [6.45, 7) is 1.69. The summed E-state index contributed by atoms with van der Waals surface area (Å²) in [5.74, 6) is -2.08. The van der Waals surface area contributed by atoms with Crippen molar-refractivity contribution in [3.8, 4) is 5.88 Å². The summed E-state index contributed by atoms with van der Waals surface area (Å²) >= 11 is 0. The molecular formula is C18H17F6N3O3. The van der Waals surface area contributed by atoms with E-state index in [4.69, 9.17) is 4.74 Å². The summed E-state index contributed by atoms with van der Waals surface area (Å²) in [6, 6.07) is 5.82. The Morgan fingerprint density at radius 3 is 2.20 bits per heavy atom. The summed E-state index contributed by atoms with van der Waals surface area (Å²) in [4.78, 5) is 20.2. The maximum absolute atomic E-state index is 13.1. The molecule has 0 spiro atoms. The molecule has 0 aliphatic carbocycles. The molecule has 0 aliphatic heterocycles. The standard InChI is InChI=1S/C18H17F6N3O3/c1-3-27(12-7-5-11(6-8-12)15(28)29-4-2)16-25-9-13(18(22,23)24)14(26-16)30-10-17(19,20)21/h5-9H,3-4,10H2,1-2H3. The highest BCUT2D eigenvalue weighted by Gasteiger charge is 2.38. The number of halogens is 6. The fraction of sp³-hybridized carbons (Fsp3) is 0.389. The van der Waals surface area contributed by atoms with E-state index in [2.05, 4.69) is 14.7 Å². The molecule has 0 aliphatic rings. The molecule has 1 heterocycles. The highest BCUT2D eigenvalue weighted by molar-refractivity contribution is 5.89. The van der Waals surface area contributed by atoms with Gasteiger partial charge in [0.25, 0.3) is 0 Å². The van der Waals surface area contributed by atoms with Crippen molar-refractivity contribution in [3.63, 3.8) is 0 Å². The minimum atomic E-state index is -5.00. The monoisotopic (exact) mass is 437 g/mol. The van der Waals surface area contributed by atoms with Gasteiger partial charge in [0.2, 0.25) is 11.8 Å². The van der Waals surface area contributed by atoms with Gasteiger partial charge in [-0.15, -0.1) is 0 Å². The molecule has 0 amide bonds. The molecule has 0 atom stereocenters. The summed E-state index contributed by atoms with van der Waals surface area (Å²) in [7, 11) is 0. The lowest BCUT2D eigenvalue weighted by Gasteiger charge is -2.22. The zero-order valence-corrected chi connectivity index (χ0v) is 15.8. The van der Waals surface area contributed by atoms with Crippen molar-refractivity contribution in [3.05, 3.63) is 41.6 Å². The second kappa shape index (κ2) is 9.18. The molecule has 0 fully saturated rings. The normalized spacial score (nSPS) is 11.9. The van der Waals surface area contributed by atoms with E-state index < -0.39 is 36.4 Å². The third kappa shape index (κ3) is 5.97. The van der Waals surface area contributed by atoms with E-state index >= 15 is 0 Å². The highest BCUT2D eigenvalue weighted by Crippen LogP contribution is 2.36. The highest BCUT2D eigenvalue weighted by atomic mass is 19.4. The molecule has 0 saturated heterocycles. The number of rotatable bonds is 7. The van der Waals surface area contributed by atoms with Crippen LogP contribution in [0.1, 0.15) is 29.8 Å². The predicted molar refractivity (Wildman–Crippen MR) is 93.7 cm³/mol. The van der Waals surface area contributed by atoms with Gasteiger partial charge in [-0.05, 0) is 38.1 Å². The molecule has 2 aromatic rings. The third-order valence-electron chi connectivity index (χ3n) is 3.67. The molecule has 0 bridgehead atoms. The summed E-state index contributed by atoms with van der Waals surface area (Å²) in [6.07, 6.45) is -9.48. The van der Waals surface area contributed by atoms with E-state index in [1.807, 2.05) is 0 Å². The number of esters is 1. The molecule has 0 unspecified atom stereocenters. The van der Waals surface area contributed by atoms with Crippen LogP contribution >= 0.6 is 0 Å². The number of carbonyl (C=O) groups is 1. The van der Waals surface area contributed by atoms with E-state index in [0.717, 1.165) is 0 Å². The van der Waals surface area contributed by atoms with Crippen LogP contribution in [-0.2, 0) is 10.9 Å². The number of benzene rings is 1. The first-order valence-electron chi connectivity index (χ1n) is 8.64. The molecule has 12 heteroatoms. The summed E-state index contributed by atoms with van der Waals surface area (Å²) < 4.78 is 85.7. The van der Waals surface area contributed by atoms with Gasteiger partial charge in [0.05, 0.1) is 12.2 Å². The first-order chi connectivity index (χ1) is 14.0. The van der Waals surface area contributed by atoms with E-state index in [-0.39, 0.29) is 24.7 Å². The maximum atomic E-state index is 13.1. The molecule has 6 nitrogen and oxygen atoms in total. The van der Waals surface area contributed by atoms with Crippen LogP contribution in [0.15, 0.2) is 30.5 Å². The fourth-order valence-corrected chi connectivity index (χ4v) is 2.37. The lowest BCUT2D eigenvalue weighted by atomic mass is 10.2. The second-order valence-corrected chi connectivity index (χ2v) is 5.80. The lowest BCUT2D eigenvalue weighted by molar-refractivity contribution is -0.159. The van der Waals surface area contributed by atoms with Gasteiger partial charge in [0.15, 0.2) is 6.61 Å². The first-order valence-corrected chi connectivity index (χ1v) is 8.64. The molecule has 30 heavy (non-hydrogen) atoms. The Bertz CT molecular complexity index is 869. The van der Waals surface area contributed by atoms with E-state index in [1.54, 1.807) is 13.8 Å². The molecule has 164 valence electrons. The molecule has 2 rings (SSSR count). The van der Waals surface area contributed by atoms with Crippen LogP contribution in [-0.4, -0.2) is 41.9 Å². The van der Waals surface area contributed by atoms with Crippen molar-refractivity contribution in [2.45, 2.75) is 26.2 Å². The number of carbonyl (C=O) groups excluding carboxylic acids is 1. The van der Waals surface area contributed by atoms with Crippen molar-refractivity contribution < 1.29 is 40.6 Å². The van der Waals surface area contributed by atoms with Crippen LogP contribution in [0.5, 0.6) is 5.88 Å². The van der Waals surface area contributed by atoms with Crippen molar-refractivity contribution in [1.29, 1.82) is 0 Å². The van der Waals surface area contributed by atoms with E-state index in [1.165, 1.54) is 29.2 Å². The lowest BCUT2D eigenvalue weighted by Crippen LogP contribution is -2.24. The van der Waals surface area contributed by atoms with Gasteiger partial charge in [-0.3, -0.25) is 0 Å². The molecule has 1 aromatic heterocycles. The van der Waals surface area contributed by atoms with Crippen molar-refractivity contribution >= 4 is 17.6 Å². The van der Waals surface area contributed by atoms with Crippen molar-refractivity contribution in [2.24, 2.45) is 0 Å². The average Bonchev–Trinajstić information content (AvgIpc) is 2.66. The van der Waals surface area contributed by atoms with Gasteiger partial charge in [-0.1, -0.05) is 0 Å².